The van der Waals surface area contributed by atoms with Crippen LogP contribution in [-0.2, 0) is 6.42 Å². The van der Waals surface area contributed by atoms with Crippen molar-refractivity contribution in [3.05, 3.63) is 46.2 Å². The van der Waals surface area contributed by atoms with Crippen molar-refractivity contribution in [2.75, 3.05) is 0 Å². The Bertz CT molecular complexity index is 705. The maximum absolute atomic E-state index is 9.42. The second-order valence-corrected chi connectivity index (χ2v) is 5.07. The summed E-state index contributed by atoms with van der Waals surface area (Å²) in [5, 5.41) is 16.3. The third kappa shape index (κ3) is 2.63. The smallest absolute Gasteiger partial charge is 0.258 e. The number of aromatic nitrogens is 3. The van der Waals surface area contributed by atoms with Gasteiger partial charge in [0.05, 0.1) is 6.42 Å². The molecule has 2 aromatic heterocycles. The van der Waals surface area contributed by atoms with E-state index in [1.165, 1.54) is 0 Å². The van der Waals surface area contributed by atoms with Gasteiger partial charge < -0.3 is 9.63 Å². The van der Waals surface area contributed by atoms with E-state index in [2.05, 4.69) is 15.1 Å². The maximum Gasteiger partial charge on any atom is 0.258 e. The van der Waals surface area contributed by atoms with Crippen molar-refractivity contribution in [2.45, 2.75) is 13.3 Å². The summed E-state index contributed by atoms with van der Waals surface area (Å²) in [6.07, 6.45) is 0.556. The normalized spacial score (nSPS) is 10.8. The summed E-state index contributed by atoms with van der Waals surface area (Å²) in [4.78, 5) is 8.66. The molecule has 1 aromatic carbocycles. The molecule has 0 bridgehead atoms. The maximum atomic E-state index is 9.42. The van der Waals surface area contributed by atoms with Crippen LogP contribution in [0.25, 0.3) is 11.5 Å². The highest BCUT2D eigenvalue weighted by atomic mass is 32.1. The minimum absolute atomic E-state index is 0.174. The Labute approximate surface area is 113 Å². The summed E-state index contributed by atoms with van der Waals surface area (Å²) in [7, 11) is 0. The van der Waals surface area contributed by atoms with Gasteiger partial charge in [0.25, 0.3) is 5.89 Å². The molecule has 0 unspecified atom stereocenters. The standard InChI is InChI=1S/C13H11N3O2S/c1-8-7-19-12(14-8)6-11-15-13(18-16-11)9-3-2-4-10(17)5-9/h2-5,7,17H,6H2,1H3. The van der Waals surface area contributed by atoms with E-state index in [1.54, 1.807) is 29.5 Å². The van der Waals surface area contributed by atoms with Crippen molar-refractivity contribution in [3.63, 3.8) is 0 Å². The van der Waals surface area contributed by atoms with Gasteiger partial charge >= 0.3 is 0 Å². The van der Waals surface area contributed by atoms with Crippen LogP contribution in [0.3, 0.4) is 0 Å². The van der Waals surface area contributed by atoms with E-state index in [4.69, 9.17) is 4.52 Å². The number of phenols is 1. The van der Waals surface area contributed by atoms with Gasteiger partial charge in [-0.2, -0.15) is 4.98 Å². The van der Waals surface area contributed by atoms with Gasteiger partial charge in [-0.05, 0) is 25.1 Å². The molecular weight excluding hydrogens is 262 g/mol. The van der Waals surface area contributed by atoms with Crippen molar-refractivity contribution in [1.82, 2.24) is 15.1 Å². The zero-order valence-electron chi connectivity index (χ0n) is 10.2. The average Bonchev–Trinajstić information content (AvgIpc) is 2.99. The zero-order valence-corrected chi connectivity index (χ0v) is 11.0. The Kier molecular flexibility index (Phi) is 3.00. The fraction of sp³-hybridized carbons (Fsp3) is 0.154. The van der Waals surface area contributed by atoms with Crippen molar-refractivity contribution in [2.24, 2.45) is 0 Å². The van der Waals surface area contributed by atoms with Crippen LogP contribution in [0.2, 0.25) is 0 Å². The number of rotatable bonds is 3. The highest BCUT2D eigenvalue weighted by molar-refractivity contribution is 7.09. The number of aromatic hydroxyl groups is 1. The lowest BCUT2D eigenvalue weighted by Gasteiger charge is -1.94. The molecule has 3 rings (SSSR count). The third-order valence-corrected chi connectivity index (χ3v) is 3.50. The SMILES string of the molecule is Cc1csc(Cc2noc(-c3cccc(O)c3)n2)n1. The van der Waals surface area contributed by atoms with Crippen molar-refractivity contribution < 1.29 is 9.63 Å². The number of hydrogen-bond acceptors (Lipinski definition) is 6. The molecular formula is C13H11N3O2S. The number of hydrogen-bond donors (Lipinski definition) is 1. The van der Waals surface area contributed by atoms with Crippen LogP contribution in [0.1, 0.15) is 16.5 Å². The van der Waals surface area contributed by atoms with E-state index in [9.17, 15) is 5.11 Å². The quantitative estimate of drug-likeness (QED) is 0.794. The first-order valence-electron chi connectivity index (χ1n) is 5.74. The zero-order chi connectivity index (χ0) is 13.2. The van der Waals surface area contributed by atoms with Gasteiger partial charge in [0, 0.05) is 16.6 Å². The van der Waals surface area contributed by atoms with Crippen molar-refractivity contribution in [1.29, 1.82) is 0 Å². The molecule has 1 N–H and O–H groups in total. The number of phenolic OH excluding ortho intramolecular Hbond substituents is 1. The Morgan fingerprint density at radius 3 is 2.95 bits per heavy atom. The van der Waals surface area contributed by atoms with E-state index in [0.717, 1.165) is 10.7 Å². The molecule has 0 saturated carbocycles. The molecule has 2 heterocycles. The predicted octanol–water partition coefficient (Wildman–Crippen LogP) is 2.80. The molecule has 0 saturated heterocycles. The Morgan fingerprint density at radius 1 is 1.32 bits per heavy atom. The summed E-state index contributed by atoms with van der Waals surface area (Å²) < 4.78 is 5.19. The van der Waals surface area contributed by atoms with Gasteiger partial charge in [-0.1, -0.05) is 11.2 Å². The molecule has 19 heavy (non-hydrogen) atoms. The summed E-state index contributed by atoms with van der Waals surface area (Å²) in [5.41, 5.74) is 1.70. The van der Waals surface area contributed by atoms with E-state index >= 15 is 0 Å². The summed E-state index contributed by atoms with van der Waals surface area (Å²) >= 11 is 1.58. The Hall–Kier alpha value is -2.21. The summed E-state index contributed by atoms with van der Waals surface area (Å²) in [6.45, 7) is 1.95. The van der Waals surface area contributed by atoms with Gasteiger partial charge in [0.1, 0.15) is 10.8 Å². The highest BCUT2D eigenvalue weighted by Crippen LogP contribution is 2.22. The molecule has 0 aliphatic rings. The fourth-order valence-corrected chi connectivity index (χ4v) is 2.47. The molecule has 0 radical (unpaired) electrons. The monoisotopic (exact) mass is 273 g/mol. The second-order valence-electron chi connectivity index (χ2n) is 4.13. The molecule has 0 spiro atoms. The van der Waals surface area contributed by atoms with Crippen LogP contribution >= 0.6 is 11.3 Å². The fourth-order valence-electron chi connectivity index (χ4n) is 1.70. The topological polar surface area (TPSA) is 72.0 Å². The molecule has 0 atom stereocenters. The van der Waals surface area contributed by atoms with Crippen LogP contribution in [-0.4, -0.2) is 20.2 Å². The summed E-state index contributed by atoms with van der Waals surface area (Å²) in [5.74, 6) is 1.17. The second kappa shape index (κ2) is 4.81. The summed E-state index contributed by atoms with van der Waals surface area (Å²) in [6, 6.07) is 6.73. The molecule has 0 amide bonds. The van der Waals surface area contributed by atoms with Gasteiger partial charge in [0.15, 0.2) is 5.82 Å². The van der Waals surface area contributed by atoms with E-state index in [0.29, 0.717) is 23.7 Å². The minimum Gasteiger partial charge on any atom is -0.508 e. The molecule has 0 aliphatic carbocycles. The first kappa shape index (κ1) is 11.9. The lowest BCUT2D eigenvalue weighted by atomic mass is 10.2. The minimum atomic E-state index is 0.174. The third-order valence-electron chi connectivity index (χ3n) is 2.54. The molecule has 5 nitrogen and oxygen atoms in total. The van der Waals surface area contributed by atoms with Gasteiger partial charge in [0.2, 0.25) is 0 Å². The van der Waals surface area contributed by atoms with Gasteiger partial charge in [-0.3, -0.25) is 0 Å². The Balaban J connectivity index is 1.83. The molecule has 96 valence electrons. The van der Waals surface area contributed by atoms with E-state index in [-0.39, 0.29) is 5.75 Å². The lowest BCUT2D eigenvalue weighted by Crippen LogP contribution is -1.90. The van der Waals surface area contributed by atoms with Crippen molar-refractivity contribution >= 4 is 11.3 Å². The predicted molar refractivity (Wildman–Crippen MR) is 71.1 cm³/mol. The number of aryl methyl sites for hydroxylation is 1. The van der Waals surface area contributed by atoms with Crippen LogP contribution < -0.4 is 0 Å². The molecule has 0 fully saturated rings. The number of thiazole rings is 1. The molecule has 3 aromatic rings. The van der Waals surface area contributed by atoms with Crippen LogP contribution in [0.15, 0.2) is 34.2 Å². The number of benzene rings is 1. The largest absolute Gasteiger partial charge is 0.508 e. The molecule has 6 heteroatoms. The van der Waals surface area contributed by atoms with Crippen LogP contribution in [0.4, 0.5) is 0 Å². The average molecular weight is 273 g/mol. The first-order chi connectivity index (χ1) is 9.20. The first-order valence-corrected chi connectivity index (χ1v) is 6.61. The lowest BCUT2D eigenvalue weighted by molar-refractivity contribution is 0.423. The van der Waals surface area contributed by atoms with E-state index < -0.39 is 0 Å². The van der Waals surface area contributed by atoms with E-state index in [1.807, 2.05) is 18.4 Å². The van der Waals surface area contributed by atoms with Gasteiger partial charge in [-0.25, -0.2) is 4.98 Å². The van der Waals surface area contributed by atoms with Crippen LogP contribution in [0, 0.1) is 6.92 Å². The van der Waals surface area contributed by atoms with Crippen LogP contribution in [0.5, 0.6) is 5.75 Å². The highest BCUT2D eigenvalue weighted by Gasteiger charge is 2.11. The number of nitrogens with zero attached hydrogens (tertiary/aromatic N) is 3. The Morgan fingerprint density at radius 2 is 2.21 bits per heavy atom. The van der Waals surface area contributed by atoms with Gasteiger partial charge in [-0.15, -0.1) is 11.3 Å². The molecule has 0 aliphatic heterocycles. The van der Waals surface area contributed by atoms with Crippen molar-refractivity contribution in [3.8, 4) is 17.2 Å².